The molecule has 238 valence electrons. The lowest BCUT2D eigenvalue weighted by Gasteiger charge is -2.23. The number of unbranched alkanes of at least 4 members (excludes halogenated alkanes) is 20. The highest BCUT2D eigenvalue weighted by Crippen LogP contribution is 2.15. The van der Waals surface area contributed by atoms with Gasteiger partial charge in [0.05, 0.1) is 17.9 Å². The van der Waals surface area contributed by atoms with Crippen molar-refractivity contribution in [1.82, 2.24) is 5.32 Å². The summed E-state index contributed by atoms with van der Waals surface area (Å²) in [4.78, 5) is 12.4. The Morgan fingerprint density at radius 2 is 1.05 bits per heavy atom. The molecular formula is C33H65NO5S. The van der Waals surface area contributed by atoms with E-state index < -0.39 is 28.0 Å². The van der Waals surface area contributed by atoms with Gasteiger partial charge >= 0.3 is 0 Å². The van der Waals surface area contributed by atoms with Crippen LogP contribution in [0.4, 0.5) is 0 Å². The van der Waals surface area contributed by atoms with Gasteiger partial charge in [-0.25, -0.2) is 0 Å². The second-order valence-corrected chi connectivity index (χ2v) is 13.3. The lowest BCUT2D eigenvalue weighted by Crippen LogP contribution is -2.47. The first kappa shape index (κ1) is 39.1. The number of hydrogen-bond acceptors (Lipinski definition) is 4. The van der Waals surface area contributed by atoms with Crippen LogP contribution in [-0.2, 0) is 14.9 Å². The quantitative estimate of drug-likeness (QED) is 0.0442. The van der Waals surface area contributed by atoms with E-state index in [1.807, 2.05) is 0 Å². The van der Waals surface area contributed by atoms with E-state index in [0.29, 0.717) is 12.8 Å². The fourth-order valence-corrected chi connectivity index (χ4v) is 5.91. The standard InChI is InChI=1S/C33H65NO5S/c1-3-5-7-9-11-13-15-17-18-20-22-24-26-28-32(35)31(30-40(37,38)39)34-33(36)29-27-25-23-21-19-16-14-12-10-8-6-4-2/h12,14,31-32,35H,3-11,13,15-30H2,1-2H3,(H,34,36)(H,37,38,39)/b14-12-. The van der Waals surface area contributed by atoms with Crippen molar-refractivity contribution in [1.29, 1.82) is 0 Å². The number of amides is 1. The molecule has 0 aliphatic heterocycles. The van der Waals surface area contributed by atoms with Crippen molar-refractivity contribution < 1.29 is 22.9 Å². The van der Waals surface area contributed by atoms with Crippen molar-refractivity contribution in [3.8, 4) is 0 Å². The summed E-state index contributed by atoms with van der Waals surface area (Å²) in [6.07, 6.45) is 31.5. The molecule has 0 spiro atoms. The van der Waals surface area contributed by atoms with Gasteiger partial charge in [-0.1, -0.05) is 142 Å². The molecule has 1 amide bonds. The van der Waals surface area contributed by atoms with E-state index >= 15 is 0 Å². The third-order valence-electron chi connectivity index (χ3n) is 7.72. The molecule has 6 nitrogen and oxygen atoms in total. The maximum atomic E-state index is 12.4. The van der Waals surface area contributed by atoms with Gasteiger partial charge in [0.1, 0.15) is 0 Å². The van der Waals surface area contributed by atoms with Crippen molar-refractivity contribution in [3.63, 3.8) is 0 Å². The Morgan fingerprint density at radius 1 is 0.650 bits per heavy atom. The molecule has 0 aliphatic rings. The summed E-state index contributed by atoms with van der Waals surface area (Å²) in [7, 11) is -4.30. The van der Waals surface area contributed by atoms with Gasteiger partial charge in [-0.05, 0) is 38.5 Å². The van der Waals surface area contributed by atoms with E-state index in [2.05, 4.69) is 31.3 Å². The number of carbonyl (C=O) groups excluding carboxylic acids is 1. The first-order valence-electron chi connectivity index (χ1n) is 16.9. The van der Waals surface area contributed by atoms with Crippen LogP contribution >= 0.6 is 0 Å². The lowest BCUT2D eigenvalue weighted by molar-refractivity contribution is -0.122. The highest BCUT2D eigenvalue weighted by molar-refractivity contribution is 7.85. The predicted molar refractivity (Wildman–Crippen MR) is 170 cm³/mol. The van der Waals surface area contributed by atoms with Crippen molar-refractivity contribution >= 4 is 16.0 Å². The topological polar surface area (TPSA) is 104 Å². The SMILES string of the molecule is CCCCC/C=C\CCCCCCCC(=O)NC(CS(=O)(=O)O)C(O)CCCCCCCCCCCCCCC. The Kier molecular flexibility index (Phi) is 27.6. The molecule has 0 fully saturated rings. The molecule has 3 N–H and O–H groups in total. The summed E-state index contributed by atoms with van der Waals surface area (Å²) >= 11 is 0. The molecule has 40 heavy (non-hydrogen) atoms. The first-order chi connectivity index (χ1) is 19.3. The van der Waals surface area contributed by atoms with Gasteiger partial charge in [0.25, 0.3) is 10.1 Å². The molecule has 0 rings (SSSR count). The Hall–Kier alpha value is -0.920. The molecule has 0 bridgehead atoms. The highest BCUT2D eigenvalue weighted by Gasteiger charge is 2.26. The molecule has 0 saturated heterocycles. The normalized spacial score (nSPS) is 13.6. The third-order valence-corrected chi connectivity index (χ3v) is 8.50. The Balaban J connectivity index is 3.98. The van der Waals surface area contributed by atoms with Crippen LogP contribution in [0.5, 0.6) is 0 Å². The summed E-state index contributed by atoms with van der Waals surface area (Å²) in [6, 6.07) is -0.969. The maximum Gasteiger partial charge on any atom is 0.266 e. The zero-order chi connectivity index (χ0) is 29.7. The predicted octanol–water partition coefficient (Wildman–Crippen LogP) is 9.07. The van der Waals surface area contributed by atoms with Gasteiger partial charge < -0.3 is 10.4 Å². The Morgan fingerprint density at radius 3 is 1.55 bits per heavy atom. The smallest absolute Gasteiger partial charge is 0.266 e. The van der Waals surface area contributed by atoms with Gasteiger partial charge in [0.2, 0.25) is 5.91 Å². The third kappa shape index (κ3) is 28.6. The Labute approximate surface area is 248 Å². The summed E-state index contributed by atoms with van der Waals surface area (Å²) in [5.41, 5.74) is 0. The Bertz CT molecular complexity index is 695. The molecule has 7 heteroatoms. The lowest BCUT2D eigenvalue weighted by atomic mass is 10.0. The van der Waals surface area contributed by atoms with Crippen molar-refractivity contribution in [2.75, 3.05) is 5.75 Å². The zero-order valence-corrected chi connectivity index (χ0v) is 27.0. The van der Waals surface area contributed by atoms with Crippen LogP contribution in [0.15, 0.2) is 12.2 Å². The van der Waals surface area contributed by atoms with E-state index in [1.165, 1.54) is 89.9 Å². The number of carbonyl (C=O) groups is 1. The van der Waals surface area contributed by atoms with Crippen molar-refractivity contribution in [2.45, 2.75) is 187 Å². The van der Waals surface area contributed by atoms with Crippen LogP contribution in [0, 0.1) is 0 Å². The molecule has 0 aromatic carbocycles. The van der Waals surface area contributed by atoms with Gasteiger partial charge in [-0.3, -0.25) is 9.35 Å². The number of aliphatic hydroxyl groups is 1. The van der Waals surface area contributed by atoms with Gasteiger partial charge in [-0.15, -0.1) is 0 Å². The average molecular weight is 588 g/mol. The second kappa shape index (κ2) is 28.2. The fraction of sp³-hybridized carbons (Fsp3) is 0.909. The van der Waals surface area contributed by atoms with Crippen LogP contribution < -0.4 is 5.32 Å². The van der Waals surface area contributed by atoms with Crippen LogP contribution in [0.25, 0.3) is 0 Å². The van der Waals surface area contributed by atoms with E-state index in [0.717, 1.165) is 57.8 Å². The first-order valence-corrected chi connectivity index (χ1v) is 18.5. The number of rotatable bonds is 30. The zero-order valence-electron chi connectivity index (χ0n) is 26.2. The minimum atomic E-state index is -4.30. The molecule has 0 aromatic rings. The molecule has 0 aromatic heterocycles. The van der Waals surface area contributed by atoms with Crippen LogP contribution in [0.3, 0.4) is 0 Å². The second-order valence-electron chi connectivity index (χ2n) is 11.8. The molecule has 2 atom stereocenters. The van der Waals surface area contributed by atoms with Crippen LogP contribution in [-0.4, -0.2) is 41.9 Å². The van der Waals surface area contributed by atoms with Crippen LogP contribution in [0.1, 0.15) is 174 Å². The molecule has 0 saturated carbocycles. The highest BCUT2D eigenvalue weighted by atomic mass is 32.2. The average Bonchev–Trinajstić information content (AvgIpc) is 2.90. The van der Waals surface area contributed by atoms with Crippen molar-refractivity contribution in [3.05, 3.63) is 12.2 Å². The monoisotopic (exact) mass is 587 g/mol. The number of nitrogens with one attached hydrogen (secondary N) is 1. The molecule has 0 aliphatic carbocycles. The number of aliphatic hydroxyl groups excluding tert-OH is 1. The molecule has 0 heterocycles. The van der Waals surface area contributed by atoms with Crippen LogP contribution in [0.2, 0.25) is 0 Å². The van der Waals surface area contributed by atoms with E-state index in [-0.39, 0.29) is 5.91 Å². The summed E-state index contributed by atoms with van der Waals surface area (Å²) in [5.74, 6) is -0.905. The molecule has 2 unspecified atom stereocenters. The molecule has 0 radical (unpaired) electrons. The van der Waals surface area contributed by atoms with Gasteiger partial charge in [-0.2, -0.15) is 8.42 Å². The van der Waals surface area contributed by atoms with Gasteiger partial charge in [0, 0.05) is 6.42 Å². The number of hydrogen-bond donors (Lipinski definition) is 3. The van der Waals surface area contributed by atoms with Gasteiger partial charge in [0.15, 0.2) is 0 Å². The number of allylic oxidation sites excluding steroid dienone is 2. The van der Waals surface area contributed by atoms with E-state index in [4.69, 9.17) is 0 Å². The minimum absolute atomic E-state index is 0.256. The summed E-state index contributed by atoms with van der Waals surface area (Å²) in [5, 5.41) is 13.2. The van der Waals surface area contributed by atoms with E-state index in [1.54, 1.807) is 0 Å². The molecular weight excluding hydrogens is 522 g/mol. The van der Waals surface area contributed by atoms with E-state index in [9.17, 15) is 22.9 Å². The minimum Gasteiger partial charge on any atom is -0.391 e. The largest absolute Gasteiger partial charge is 0.391 e. The summed E-state index contributed by atoms with van der Waals surface area (Å²) in [6.45, 7) is 4.47. The van der Waals surface area contributed by atoms with Crippen molar-refractivity contribution in [2.24, 2.45) is 0 Å². The fourth-order valence-electron chi connectivity index (χ4n) is 5.15. The summed E-state index contributed by atoms with van der Waals surface area (Å²) < 4.78 is 32.3. The maximum absolute atomic E-state index is 12.4.